The van der Waals surface area contributed by atoms with Gasteiger partial charge in [0.2, 0.25) is 5.91 Å². The molecular weight excluding hydrogens is 260 g/mol. The van der Waals surface area contributed by atoms with E-state index in [-0.39, 0.29) is 0 Å². The van der Waals surface area contributed by atoms with Gasteiger partial charge in [0, 0.05) is 24.5 Å². The summed E-state index contributed by atoms with van der Waals surface area (Å²) in [5, 5.41) is 3.64. The molecule has 0 bridgehead atoms. The summed E-state index contributed by atoms with van der Waals surface area (Å²) < 4.78 is 0. The summed E-state index contributed by atoms with van der Waals surface area (Å²) in [6, 6.07) is 1.06. The van der Waals surface area contributed by atoms with Crippen LogP contribution in [0.3, 0.4) is 0 Å². The molecule has 1 aliphatic carbocycles. The number of rotatable bonds is 2. The molecular formula is C18H32N2O. The molecule has 120 valence electrons. The van der Waals surface area contributed by atoms with Gasteiger partial charge in [0.1, 0.15) is 0 Å². The number of piperidine rings is 1. The molecule has 0 aromatic rings. The molecule has 2 atom stereocenters. The van der Waals surface area contributed by atoms with E-state index in [4.69, 9.17) is 0 Å². The minimum atomic E-state index is 0.326. The average Bonchev–Trinajstić information content (AvgIpc) is 3.00. The number of likely N-dealkylation sites (tertiary alicyclic amines) is 1. The van der Waals surface area contributed by atoms with Gasteiger partial charge in [0.05, 0.1) is 0 Å². The lowest BCUT2D eigenvalue weighted by molar-refractivity contribution is -0.140. The van der Waals surface area contributed by atoms with E-state index >= 15 is 0 Å². The van der Waals surface area contributed by atoms with E-state index in [2.05, 4.69) is 10.2 Å². The van der Waals surface area contributed by atoms with Gasteiger partial charge in [-0.15, -0.1) is 0 Å². The van der Waals surface area contributed by atoms with Crippen molar-refractivity contribution in [2.24, 2.45) is 5.92 Å². The molecule has 0 aromatic carbocycles. The zero-order chi connectivity index (χ0) is 14.5. The third-order valence-electron chi connectivity index (χ3n) is 5.85. The van der Waals surface area contributed by atoms with Gasteiger partial charge in [-0.3, -0.25) is 4.79 Å². The highest BCUT2D eigenvalue weighted by Crippen LogP contribution is 2.29. The summed E-state index contributed by atoms with van der Waals surface area (Å²) in [5.41, 5.74) is 0. The smallest absolute Gasteiger partial charge is 0.225 e. The first-order valence-electron chi connectivity index (χ1n) is 9.40. The van der Waals surface area contributed by atoms with Gasteiger partial charge in [-0.1, -0.05) is 32.1 Å². The maximum Gasteiger partial charge on any atom is 0.225 e. The Bertz CT molecular complexity index is 330. The number of carbonyl (C=O) groups excluding carboxylic acids is 1. The van der Waals surface area contributed by atoms with Crippen molar-refractivity contribution >= 4 is 5.91 Å². The molecule has 3 aliphatic rings. The normalized spacial score (nSPS) is 32.7. The minimum Gasteiger partial charge on any atom is -0.338 e. The van der Waals surface area contributed by atoms with E-state index in [0.29, 0.717) is 23.9 Å². The summed E-state index contributed by atoms with van der Waals surface area (Å²) >= 11 is 0. The summed E-state index contributed by atoms with van der Waals surface area (Å²) in [4.78, 5) is 15.4. The predicted octanol–water partition coefficient (Wildman–Crippen LogP) is 3.48. The summed E-state index contributed by atoms with van der Waals surface area (Å²) in [6.45, 7) is 2.16. The van der Waals surface area contributed by atoms with E-state index in [1.165, 1.54) is 64.2 Å². The predicted molar refractivity (Wildman–Crippen MR) is 86.2 cm³/mol. The van der Waals surface area contributed by atoms with Crippen LogP contribution in [-0.4, -0.2) is 36.0 Å². The van der Waals surface area contributed by atoms with Gasteiger partial charge < -0.3 is 10.2 Å². The molecule has 3 rings (SSSR count). The molecule has 0 radical (unpaired) electrons. The fraction of sp³-hybridized carbons (Fsp3) is 0.944. The molecule has 2 heterocycles. The molecule has 0 spiro atoms. The van der Waals surface area contributed by atoms with Crippen molar-refractivity contribution in [3.63, 3.8) is 0 Å². The second-order valence-electron chi connectivity index (χ2n) is 7.34. The lowest BCUT2D eigenvalue weighted by atomic mass is 9.87. The fourth-order valence-electron chi connectivity index (χ4n) is 4.63. The van der Waals surface area contributed by atoms with Crippen molar-refractivity contribution in [3.05, 3.63) is 0 Å². The van der Waals surface area contributed by atoms with Crippen LogP contribution in [-0.2, 0) is 4.79 Å². The molecule has 1 saturated carbocycles. The van der Waals surface area contributed by atoms with Crippen LogP contribution in [0.15, 0.2) is 0 Å². The zero-order valence-corrected chi connectivity index (χ0v) is 13.5. The first kappa shape index (κ1) is 15.3. The van der Waals surface area contributed by atoms with Crippen LogP contribution >= 0.6 is 0 Å². The van der Waals surface area contributed by atoms with Crippen molar-refractivity contribution in [1.29, 1.82) is 0 Å². The van der Waals surface area contributed by atoms with Crippen LogP contribution < -0.4 is 5.32 Å². The van der Waals surface area contributed by atoms with Crippen LogP contribution in [0.25, 0.3) is 0 Å². The Morgan fingerprint density at radius 3 is 2.24 bits per heavy atom. The topological polar surface area (TPSA) is 32.3 Å². The quantitative estimate of drug-likeness (QED) is 0.845. The molecule has 21 heavy (non-hydrogen) atoms. The Hall–Kier alpha value is -0.570. The monoisotopic (exact) mass is 292 g/mol. The van der Waals surface area contributed by atoms with E-state index < -0.39 is 0 Å². The maximum absolute atomic E-state index is 13.1. The average molecular weight is 292 g/mol. The zero-order valence-electron chi connectivity index (χ0n) is 13.5. The molecule has 2 saturated heterocycles. The summed E-state index contributed by atoms with van der Waals surface area (Å²) in [6.07, 6.45) is 15.1. The first-order chi connectivity index (χ1) is 10.4. The Balaban J connectivity index is 1.64. The van der Waals surface area contributed by atoms with Crippen LogP contribution in [0.1, 0.15) is 77.0 Å². The van der Waals surface area contributed by atoms with Gasteiger partial charge in [-0.05, 0) is 51.5 Å². The number of nitrogens with one attached hydrogen (secondary N) is 1. The third kappa shape index (κ3) is 3.80. The van der Waals surface area contributed by atoms with Gasteiger partial charge in [0.15, 0.2) is 0 Å². The van der Waals surface area contributed by atoms with Crippen LogP contribution in [0.5, 0.6) is 0 Å². The number of hydrogen-bond acceptors (Lipinski definition) is 2. The van der Waals surface area contributed by atoms with E-state index in [1.54, 1.807) is 0 Å². The fourth-order valence-corrected chi connectivity index (χ4v) is 4.63. The summed E-state index contributed by atoms with van der Waals surface area (Å²) in [7, 11) is 0. The first-order valence-corrected chi connectivity index (χ1v) is 9.40. The second kappa shape index (κ2) is 7.62. The molecule has 3 fully saturated rings. The van der Waals surface area contributed by atoms with Crippen molar-refractivity contribution in [3.8, 4) is 0 Å². The van der Waals surface area contributed by atoms with Gasteiger partial charge in [-0.2, -0.15) is 0 Å². The number of hydrogen-bond donors (Lipinski definition) is 1. The standard InChI is InChI=1S/C18H32N2O/c21-18(15-9-4-2-1-3-5-10-15)20-14-7-6-12-17(20)16-11-8-13-19-16/h15-17,19H,1-14H2. The highest BCUT2D eigenvalue weighted by Gasteiger charge is 2.36. The van der Waals surface area contributed by atoms with E-state index in [9.17, 15) is 4.79 Å². The lowest BCUT2D eigenvalue weighted by Crippen LogP contribution is -2.54. The van der Waals surface area contributed by atoms with Crippen LogP contribution in [0.4, 0.5) is 0 Å². The van der Waals surface area contributed by atoms with Crippen LogP contribution in [0.2, 0.25) is 0 Å². The lowest BCUT2D eigenvalue weighted by Gasteiger charge is -2.41. The molecule has 2 aliphatic heterocycles. The van der Waals surface area contributed by atoms with E-state index in [1.807, 2.05) is 0 Å². The highest BCUT2D eigenvalue weighted by molar-refractivity contribution is 5.79. The number of carbonyl (C=O) groups is 1. The van der Waals surface area contributed by atoms with Crippen molar-refractivity contribution in [1.82, 2.24) is 10.2 Å². The Kier molecular flexibility index (Phi) is 5.56. The van der Waals surface area contributed by atoms with Gasteiger partial charge in [-0.25, -0.2) is 0 Å². The number of amides is 1. The number of nitrogens with zero attached hydrogens (tertiary/aromatic N) is 1. The van der Waals surface area contributed by atoms with Crippen molar-refractivity contribution < 1.29 is 4.79 Å². The highest BCUT2D eigenvalue weighted by atomic mass is 16.2. The molecule has 2 unspecified atom stereocenters. The molecule has 0 aromatic heterocycles. The molecule has 1 amide bonds. The third-order valence-corrected chi connectivity index (χ3v) is 5.85. The Labute approximate surface area is 129 Å². The molecule has 3 heteroatoms. The maximum atomic E-state index is 13.1. The van der Waals surface area contributed by atoms with Crippen LogP contribution in [0, 0.1) is 5.92 Å². The molecule has 1 N–H and O–H groups in total. The largest absolute Gasteiger partial charge is 0.338 e. The van der Waals surface area contributed by atoms with E-state index in [0.717, 1.165) is 25.9 Å². The second-order valence-corrected chi connectivity index (χ2v) is 7.34. The van der Waals surface area contributed by atoms with Crippen molar-refractivity contribution in [2.45, 2.75) is 89.1 Å². The van der Waals surface area contributed by atoms with Gasteiger partial charge >= 0.3 is 0 Å². The Morgan fingerprint density at radius 2 is 1.52 bits per heavy atom. The van der Waals surface area contributed by atoms with Crippen molar-refractivity contribution in [2.75, 3.05) is 13.1 Å². The Morgan fingerprint density at radius 1 is 0.810 bits per heavy atom. The minimum absolute atomic E-state index is 0.326. The molecule has 3 nitrogen and oxygen atoms in total. The summed E-state index contributed by atoms with van der Waals surface area (Å²) in [5.74, 6) is 0.822. The SMILES string of the molecule is O=C(C1CCCCCCC1)N1CCCCC1C1CCCN1. The van der Waals surface area contributed by atoms with Gasteiger partial charge in [0.25, 0.3) is 0 Å².